The van der Waals surface area contributed by atoms with Gasteiger partial charge in [-0.25, -0.2) is 4.79 Å². The van der Waals surface area contributed by atoms with Gasteiger partial charge in [0.1, 0.15) is 0 Å². The van der Waals surface area contributed by atoms with Gasteiger partial charge in [0, 0.05) is 13.0 Å². The summed E-state index contributed by atoms with van der Waals surface area (Å²) in [5, 5.41) is 14.3. The molecule has 2 amide bonds. The number of aliphatic carboxylic acids is 1. The molecule has 0 radical (unpaired) electrons. The molecule has 104 valence electrons. The van der Waals surface area contributed by atoms with E-state index in [0.29, 0.717) is 17.3 Å². The minimum atomic E-state index is -0.878. The molecule has 5 nitrogen and oxygen atoms in total. The van der Waals surface area contributed by atoms with E-state index < -0.39 is 12.0 Å². The van der Waals surface area contributed by atoms with Gasteiger partial charge >= 0.3 is 12.0 Å². The number of carbonyl (C=O) groups excluding carboxylic acids is 1. The van der Waals surface area contributed by atoms with E-state index in [1.165, 1.54) is 0 Å². The highest BCUT2D eigenvalue weighted by atomic mass is 35.5. The number of benzene rings is 1. The number of carboxylic acid groups (broad SMARTS) is 1. The zero-order chi connectivity index (χ0) is 14.4. The maximum Gasteiger partial charge on any atom is 0.319 e. The molecule has 0 heterocycles. The molecule has 0 aliphatic rings. The zero-order valence-electron chi connectivity index (χ0n) is 10.9. The maximum atomic E-state index is 11.6. The van der Waals surface area contributed by atoms with Crippen LogP contribution in [0.4, 0.5) is 10.5 Å². The van der Waals surface area contributed by atoms with Gasteiger partial charge in [0.2, 0.25) is 0 Å². The smallest absolute Gasteiger partial charge is 0.319 e. The number of hydrogen-bond acceptors (Lipinski definition) is 2. The fourth-order valence-electron chi connectivity index (χ4n) is 1.55. The van der Waals surface area contributed by atoms with Crippen molar-refractivity contribution in [3.8, 4) is 0 Å². The Morgan fingerprint density at radius 3 is 2.74 bits per heavy atom. The molecule has 1 unspecified atom stereocenters. The van der Waals surface area contributed by atoms with Crippen LogP contribution in [0.1, 0.15) is 18.9 Å². The molecule has 1 rings (SSSR count). The van der Waals surface area contributed by atoms with E-state index >= 15 is 0 Å². The second kappa shape index (κ2) is 6.99. The first-order valence-corrected chi connectivity index (χ1v) is 6.29. The van der Waals surface area contributed by atoms with Crippen LogP contribution in [0, 0.1) is 12.8 Å². The van der Waals surface area contributed by atoms with Crippen molar-refractivity contribution in [1.82, 2.24) is 5.32 Å². The molecular weight excluding hydrogens is 268 g/mol. The van der Waals surface area contributed by atoms with Gasteiger partial charge in [-0.05, 0) is 24.5 Å². The Morgan fingerprint density at radius 2 is 2.11 bits per heavy atom. The largest absolute Gasteiger partial charge is 0.481 e. The summed E-state index contributed by atoms with van der Waals surface area (Å²) in [4.78, 5) is 22.1. The van der Waals surface area contributed by atoms with E-state index in [1.54, 1.807) is 19.1 Å². The number of hydrogen-bond donors (Lipinski definition) is 3. The first-order valence-electron chi connectivity index (χ1n) is 5.92. The molecule has 0 fully saturated rings. The van der Waals surface area contributed by atoms with Crippen LogP contribution >= 0.6 is 11.6 Å². The quantitative estimate of drug-likeness (QED) is 0.778. The average molecular weight is 285 g/mol. The van der Waals surface area contributed by atoms with Crippen molar-refractivity contribution >= 4 is 29.3 Å². The number of carboxylic acids is 1. The molecule has 1 aromatic carbocycles. The first kappa shape index (κ1) is 15.3. The predicted molar refractivity (Wildman–Crippen MR) is 74.6 cm³/mol. The van der Waals surface area contributed by atoms with Gasteiger partial charge in [0.25, 0.3) is 0 Å². The molecular formula is C13H17ClN2O3. The highest BCUT2D eigenvalue weighted by molar-refractivity contribution is 6.34. The number of nitrogens with one attached hydrogen (secondary N) is 2. The Morgan fingerprint density at radius 1 is 1.42 bits per heavy atom. The van der Waals surface area contributed by atoms with Crippen LogP contribution in [0.15, 0.2) is 18.2 Å². The van der Waals surface area contributed by atoms with Crippen LogP contribution in [-0.4, -0.2) is 23.7 Å². The van der Waals surface area contributed by atoms with Crippen molar-refractivity contribution < 1.29 is 14.7 Å². The number of aryl methyl sites for hydroxylation is 1. The fraction of sp³-hybridized carbons (Fsp3) is 0.385. The standard InChI is InChI=1S/C13H17ClN2O3/c1-8(6-11(17)18)7-15-13(19)16-10-5-3-4-9(2)12(10)14/h3-5,8H,6-7H2,1-2H3,(H,17,18)(H2,15,16,19). The molecule has 0 bridgehead atoms. The minimum absolute atomic E-state index is 0.0193. The summed E-state index contributed by atoms with van der Waals surface area (Å²) in [5.41, 5.74) is 1.41. The number of carbonyl (C=O) groups is 2. The van der Waals surface area contributed by atoms with Gasteiger partial charge in [-0.1, -0.05) is 30.7 Å². The first-order chi connectivity index (χ1) is 8.90. The van der Waals surface area contributed by atoms with Crippen molar-refractivity contribution in [3.05, 3.63) is 28.8 Å². The number of halogens is 1. The van der Waals surface area contributed by atoms with Crippen molar-refractivity contribution in [2.24, 2.45) is 5.92 Å². The van der Waals surface area contributed by atoms with Crippen molar-refractivity contribution in [2.45, 2.75) is 20.3 Å². The molecule has 0 saturated carbocycles. The Kier molecular flexibility index (Phi) is 5.63. The Bertz CT molecular complexity index is 477. The van der Waals surface area contributed by atoms with E-state index in [0.717, 1.165) is 5.56 Å². The highest BCUT2D eigenvalue weighted by Crippen LogP contribution is 2.24. The lowest BCUT2D eigenvalue weighted by Gasteiger charge is -2.12. The predicted octanol–water partition coefficient (Wildman–Crippen LogP) is 2.88. The van der Waals surface area contributed by atoms with E-state index in [4.69, 9.17) is 16.7 Å². The van der Waals surface area contributed by atoms with Crippen molar-refractivity contribution in [3.63, 3.8) is 0 Å². The van der Waals surface area contributed by atoms with Gasteiger partial charge in [0.05, 0.1) is 10.7 Å². The van der Waals surface area contributed by atoms with Crippen LogP contribution in [0.2, 0.25) is 5.02 Å². The van der Waals surface area contributed by atoms with Crippen molar-refractivity contribution in [1.29, 1.82) is 0 Å². The molecule has 3 N–H and O–H groups in total. The summed E-state index contributed by atoms with van der Waals surface area (Å²) in [7, 11) is 0. The average Bonchev–Trinajstić information content (AvgIpc) is 2.32. The summed E-state index contributed by atoms with van der Waals surface area (Å²) in [6.07, 6.45) is 0.0193. The summed E-state index contributed by atoms with van der Waals surface area (Å²) in [6, 6.07) is 4.95. The molecule has 19 heavy (non-hydrogen) atoms. The van der Waals surface area contributed by atoms with Crippen LogP contribution in [-0.2, 0) is 4.79 Å². The molecule has 0 aliphatic heterocycles. The van der Waals surface area contributed by atoms with Gasteiger partial charge in [-0.2, -0.15) is 0 Å². The van der Waals surface area contributed by atoms with Crippen LogP contribution in [0.3, 0.4) is 0 Å². The Labute approximate surface area is 117 Å². The lowest BCUT2D eigenvalue weighted by Crippen LogP contribution is -2.33. The normalized spacial score (nSPS) is 11.7. The summed E-state index contributed by atoms with van der Waals surface area (Å²) >= 11 is 6.05. The second-order valence-corrected chi connectivity index (χ2v) is 4.85. The number of anilines is 1. The van der Waals surface area contributed by atoms with Crippen LogP contribution in [0.5, 0.6) is 0 Å². The number of amides is 2. The summed E-state index contributed by atoms with van der Waals surface area (Å²) < 4.78 is 0. The molecule has 0 saturated heterocycles. The van der Waals surface area contributed by atoms with E-state index in [2.05, 4.69) is 10.6 Å². The van der Waals surface area contributed by atoms with Crippen LogP contribution < -0.4 is 10.6 Å². The lowest BCUT2D eigenvalue weighted by atomic mass is 10.1. The zero-order valence-corrected chi connectivity index (χ0v) is 11.6. The number of rotatable bonds is 5. The van der Waals surface area contributed by atoms with E-state index in [-0.39, 0.29) is 12.3 Å². The monoisotopic (exact) mass is 284 g/mol. The lowest BCUT2D eigenvalue weighted by molar-refractivity contribution is -0.137. The Balaban J connectivity index is 2.47. The topological polar surface area (TPSA) is 78.4 Å². The summed E-state index contributed by atoms with van der Waals surface area (Å²) in [5.74, 6) is -1.01. The molecule has 0 aliphatic carbocycles. The summed E-state index contributed by atoms with van der Waals surface area (Å²) in [6.45, 7) is 3.90. The van der Waals surface area contributed by atoms with Crippen molar-refractivity contribution in [2.75, 3.05) is 11.9 Å². The van der Waals surface area contributed by atoms with E-state index in [9.17, 15) is 9.59 Å². The third-order valence-electron chi connectivity index (χ3n) is 2.57. The van der Waals surface area contributed by atoms with Crippen LogP contribution in [0.25, 0.3) is 0 Å². The Hall–Kier alpha value is -1.75. The van der Waals surface area contributed by atoms with Gasteiger partial charge in [0.15, 0.2) is 0 Å². The number of urea groups is 1. The molecule has 1 atom stereocenters. The van der Waals surface area contributed by atoms with Gasteiger partial charge < -0.3 is 15.7 Å². The fourth-order valence-corrected chi connectivity index (χ4v) is 1.72. The minimum Gasteiger partial charge on any atom is -0.481 e. The van der Waals surface area contributed by atoms with E-state index in [1.807, 2.05) is 13.0 Å². The molecule has 0 spiro atoms. The maximum absolute atomic E-state index is 11.6. The molecule has 6 heteroatoms. The third kappa shape index (κ3) is 5.18. The second-order valence-electron chi connectivity index (χ2n) is 4.47. The molecule has 0 aromatic heterocycles. The van der Waals surface area contributed by atoms with Gasteiger partial charge in [-0.15, -0.1) is 0 Å². The highest BCUT2D eigenvalue weighted by Gasteiger charge is 2.10. The van der Waals surface area contributed by atoms with Gasteiger partial charge in [-0.3, -0.25) is 4.79 Å². The SMILES string of the molecule is Cc1cccc(NC(=O)NCC(C)CC(=O)O)c1Cl. The molecule has 1 aromatic rings. The third-order valence-corrected chi connectivity index (χ3v) is 3.08.